The molecule has 1 heterocycles. The molecule has 6 nitrogen and oxygen atoms in total. The van der Waals surface area contributed by atoms with E-state index in [1.807, 2.05) is 0 Å². The Hall–Kier alpha value is -1.17. The number of urea groups is 1. The first-order valence-electron chi connectivity index (χ1n) is 3.77. The molecular weight excluding hydrogens is 162 g/mol. The summed E-state index contributed by atoms with van der Waals surface area (Å²) in [5.41, 5.74) is 0. The number of hydrogen-bond donors (Lipinski definition) is 2. The summed E-state index contributed by atoms with van der Waals surface area (Å²) in [6.07, 6.45) is 0.576. The van der Waals surface area contributed by atoms with Crippen LogP contribution >= 0.6 is 0 Å². The van der Waals surface area contributed by atoms with E-state index >= 15 is 0 Å². The normalized spacial score (nSPS) is 23.6. The third-order valence-electron chi connectivity index (χ3n) is 1.84. The molecule has 1 saturated heterocycles. The number of carbonyl (C=O) groups excluding carboxylic acids is 1. The Morgan fingerprint density at radius 3 is 3.08 bits per heavy atom. The maximum Gasteiger partial charge on any atom is 0.340 e. The van der Waals surface area contributed by atoms with Crippen LogP contribution in [0.1, 0.15) is 6.42 Å². The van der Waals surface area contributed by atoms with Gasteiger partial charge in [-0.15, -0.1) is 4.91 Å². The third kappa shape index (κ3) is 1.91. The van der Waals surface area contributed by atoms with Crippen LogP contribution in [-0.2, 0) is 0 Å². The molecule has 0 aromatic heterocycles. The molecule has 2 N–H and O–H groups in total. The van der Waals surface area contributed by atoms with E-state index < -0.39 is 6.03 Å². The number of aliphatic hydroxyl groups excluding tert-OH is 1. The molecule has 12 heavy (non-hydrogen) atoms. The average Bonchev–Trinajstić information content (AvgIpc) is 2.09. The number of nitrogens with zero attached hydrogens (tertiary/aromatic N) is 2. The largest absolute Gasteiger partial charge is 0.396 e. The van der Waals surface area contributed by atoms with Gasteiger partial charge in [0.15, 0.2) is 0 Å². The molecule has 0 aliphatic carbocycles. The number of carbonyl (C=O) groups is 1. The smallest absolute Gasteiger partial charge is 0.340 e. The van der Waals surface area contributed by atoms with E-state index in [2.05, 4.69) is 10.6 Å². The quantitative estimate of drug-likeness (QED) is 0.574. The van der Waals surface area contributed by atoms with Crippen molar-refractivity contribution < 1.29 is 9.90 Å². The van der Waals surface area contributed by atoms with Crippen LogP contribution < -0.4 is 5.32 Å². The minimum Gasteiger partial charge on any atom is -0.396 e. The van der Waals surface area contributed by atoms with Gasteiger partial charge in [0.1, 0.15) is 0 Å². The van der Waals surface area contributed by atoms with Crippen molar-refractivity contribution in [2.45, 2.75) is 6.42 Å². The topological polar surface area (TPSA) is 82.0 Å². The van der Waals surface area contributed by atoms with Crippen molar-refractivity contribution in [1.29, 1.82) is 0 Å². The Kier molecular flexibility index (Phi) is 2.98. The van der Waals surface area contributed by atoms with Gasteiger partial charge in [0.2, 0.25) is 0 Å². The van der Waals surface area contributed by atoms with E-state index in [1.54, 1.807) is 0 Å². The molecule has 0 saturated carbocycles. The molecule has 1 fully saturated rings. The lowest BCUT2D eigenvalue weighted by Crippen LogP contribution is -2.48. The molecule has 1 aliphatic rings. The molecular formula is C6H11N3O3. The van der Waals surface area contributed by atoms with Gasteiger partial charge in [0, 0.05) is 13.2 Å². The first-order valence-corrected chi connectivity index (χ1v) is 3.77. The van der Waals surface area contributed by atoms with Crippen LogP contribution in [0.3, 0.4) is 0 Å². The highest BCUT2D eigenvalue weighted by Crippen LogP contribution is 2.09. The summed E-state index contributed by atoms with van der Waals surface area (Å²) in [6, 6.07) is -0.459. The van der Waals surface area contributed by atoms with Crippen LogP contribution in [0, 0.1) is 10.8 Å². The highest BCUT2D eigenvalue weighted by Gasteiger charge is 2.25. The predicted octanol–water partition coefficient (Wildman–Crippen LogP) is -0.308. The van der Waals surface area contributed by atoms with Crippen molar-refractivity contribution in [3.8, 4) is 0 Å². The second-order valence-corrected chi connectivity index (χ2v) is 2.73. The van der Waals surface area contributed by atoms with E-state index in [4.69, 9.17) is 5.11 Å². The van der Waals surface area contributed by atoms with Crippen molar-refractivity contribution in [3.05, 3.63) is 4.91 Å². The van der Waals surface area contributed by atoms with E-state index in [9.17, 15) is 9.70 Å². The number of rotatable bonds is 3. The highest BCUT2D eigenvalue weighted by atomic mass is 16.3. The summed E-state index contributed by atoms with van der Waals surface area (Å²) in [5.74, 6) is 0.116. The number of hydrogen-bond acceptors (Lipinski definition) is 4. The van der Waals surface area contributed by atoms with E-state index in [0.29, 0.717) is 19.5 Å². The number of nitrogens with one attached hydrogen (secondary N) is 1. The lowest BCUT2D eigenvalue weighted by atomic mass is 10.1. The van der Waals surface area contributed by atoms with Gasteiger partial charge in [0.25, 0.3) is 0 Å². The van der Waals surface area contributed by atoms with Crippen molar-refractivity contribution >= 4 is 6.03 Å². The van der Waals surface area contributed by atoms with Gasteiger partial charge >= 0.3 is 6.03 Å². The van der Waals surface area contributed by atoms with Crippen LogP contribution in [0.15, 0.2) is 5.29 Å². The highest BCUT2D eigenvalue weighted by molar-refractivity contribution is 5.74. The summed E-state index contributed by atoms with van der Waals surface area (Å²) >= 11 is 0. The van der Waals surface area contributed by atoms with E-state index in [1.165, 1.54) is 0 Å². The number of aliphatic hydroxyl groups is 1. The Labute approximate surface area is 69.5 Å². The molecule has 1 aliphatic heterocycles. The predicted molar refractivity (Wildman–Crippen MR) is 41.1 cm³/mol. The van der Waals surface area contributed by atoms with Crippen LogP contribution in [0.25, 0.3) is 0 Å². The molecule has 1 rings (SSSR count). The first-order chi connectivity index (χ1) is 5.77. The van der Waals surface area contributed by atoms with Crippen molar-refractivity contribution in [3.63, 3.8) is 0 Å². The molecule has 2 amide bonds. The standard InChI is InChI=1S/C6H11N3O3/c10-2-1-5-3-7-6(11)9(4-5)8-12/h5,10H,1-4H2,(H,7,11). The van der Waals surface area contributed by atoms with Crippen molar-refractivity contribution in [2.75, 3.05) is 19.7 Å². The lowest BCUT2D eigenvalue weighted by Gasteiger charge is -2.26. The van der Waals surface area contributed by atoms with E-state index in [0.717, 1.165) is 5.01 Å². The SMILES string of the molecule is O=NN1CC(CCO)CNC1=O. The van der Waals surface area contributed by atoms with Crippen molar-refractivity contribution in [1.82, 2.24) is 10.3 Å². The minimum absolute atomic E-state index is 0.0627. The van der Waals surface area contributed by atoms with Gasteiger partial charge in [-0.3, -0.25) is 0 Å². The van der Waals surface area contributed by atoms with Crippen LogP contribution in [0.5, 0.6) is 0 Å². The fourth-order valence-electron chi connectivity index (χ4n) is 1.16. The van der Waals surface area contributed by atoms with E-state index in [-0.39, 0.29) is 12.5 Å². The second-order valence-electron chi connectivity index (χ2n) is 2.73. The van der Waals surface area contributed by atoms with Crippen LogP contribution in [0.2, 0.25) is 0 Å². The third-order valence-corrected chi connectivity index (χ3v) is 1.84. The molecule has 0 radical (unpaired) electrons. The van der Waals surface area contributed by atoms with Gasteiger partial charge in [-0.25, -0.2) is 4.79 Å². The first kappa shape index (κ1) is 8.92. The van der Waals surface area contributed by atoms with Crippen LogP contribution in [0.4, 0.5) is 4.79 Å². The number of amides is 2. The zero-order valence-electron chi connectivity index (χ0n) is 6.56. The zero-order chi connectivity index (χ0) is 8.97. The molecule has 6 heteroatoms. The summed E-state index contributed by atoms with van der Waals surface area (Å²) in [7, 11) is 0. The molecule has 1 unspecified atom stereocenters. The van der Waals surface area contributed by atoms with Gasteiger partial charge in [-0.2, -0.15) is 5.01 Å². The maximum absolute atomic E-state index is 10.8. The van der Waals surface area contributed by atoms with Crippen LogP contribution in [-0.4, -0.2) is 35.8 Å². The van der Waals surface area contributed by atoms with Gasteiger partial charge in [-0.1, -0.05) is 0 Å². The average molecular weight is 173 g/mol. The second kappa shape index (κ2) is 4.01. The minimum atomic E-state index is -0.459. The molecule has 68 valence electrons. The van der Waals surface area contributed by atoms with Gasteiger partial charge in [-0.05, 0) is 12.3 Å². The molecule has 1 atom stereocenters. The Morgan fingerprint density at radius 1 is 1.75 bits per heavy atom. The Morgan fingerprint density at radius 2 is 2.50 bits per heavy atom. The summed E-state index contributed by atoms with van der Waals surface area (Å²) < 4.78 is 0. The van der Waals surface area contributed by atoms with Gasteiger partial charge in [0.05, 0.1) is 11.8 Å². The molecule has 0 aromatic rings. The van der Waals surface area contributed by atoms with Crippen molar-refractivity contribution in [2.24, 2.45) is 11.2 Å². The fourth-order valence-corrected chi connectivity index (χ4v) is 1.16. The maximum atomic E-state index is 10.8. The zero-order valence-corrected chi connectivity index (χ0v) is 6.56. The molecule has 0 spiro atoms. The summed E-state index contributed by atoms with van der Waals surface area (Å²) in [5, 5.41) is 14.5. The van der Waals surface area contributed by atoms with Gasteiger partial charge < -0.3 is 10.4 Å². The summed E-state index contributed by atoms with van der Waals surface area (Å²) in [4.78, 5) is 20.9. The number of nitroso groups, excluding NO2 is 1. The fraction of sp³-hybridized carbons (Fsp3) is 0.833. The monoisotopic (exact) mass is 173 g/mol. The molecule has 0 bridgehead atoms. The Bertz CT molecular complexity index is 185. The Balaban J connectivity index is 2.43. The summed E-state index contributed by atoms with van der Waals surface area (Å²) in [6.45, 7) is 0.870. The molecule has 0 aromatic carbocycles. The lowest BCUT2D eigenvalue weighted by molar-refractivity contribution is 0.155.